The Kier molecular flexibility index (Phi) is 7.04. The second kappa shape index (κ2) is 12.6. The molecule has 9 aromatic rings. The summed E-state index contributed by atoms with van der Waals surface area (Å²) in [5.74, 6) is 4.06. The highest BCUT2D eigenvalue weighted by Crippen LogP contribution is 2.94. The maximum atomic E-state index is 6.36. The van der Waals surface area contributed by atoms with Crippen LogP contribution in [0.15, 0.2) is 174 Å². The van der Waals surface area contributed by atoms with E-state index in [2.05, 4.69) is 175 Å². The SMILES string of the molecule is c1ccc(N(c2ccc3c(c2)C2(c4ccccc4-3)C3CC4CC5CC2C453)c2ccccc2-c2cccc3cccc(C4CCCCC4)c23)c(-c2ccc3oc4ccccc4c3c2)c1. The zero-order valence-electron chi connectivity index (χ0n) is 35.6. The molecule has 6 aliphatic rings. The van der Waals surface area contributed by atoms with E-state index in [0.29, 0.717) is 11.3 Å². The van der Waals surface area contributed by atoms with Crippen molar-refractivity contribution in [1.82, 2.24) is 0 Å². The van der Waals surface area contributed by atoms with Gasteiger partial charge in [-0.3, -0.25) is 0 Å². The molecule has 304 valence electrons. The maximum Gasteiger partial charge on any atom is 0.135 e. The number of rotatable bonds is 6. The van der Waals surface area contributed by atoms with Crippen molar-refractivity contribution in [2.24, 2.45) is 29.1 Å². The van der Waals surface area contributed by atoms with E-state index in [1.54, 1.807) is 11.1 Å². The molecule has 0 aliphatic heterocycles. The van der Waals surface area contributed by atoms with Gasteiger partial charge in [-0.2, -0.15) is 0 Å². The Morgan fingerprint density at radius 1 is 0.476 bits per heavy atom. The lowest BCUT2D eigenvalue weighted by molar-refractivity contribution is -0.412. The predicted molar refractivity (Wildman–Crippen MR) is 259 cm³/mol. The molecule has 0 amide bonds. The number of furan rings is 1. The van der Waals surface area contributed by atoms with Crippen molar-refractivity contribution < 1.29 is 4.42 Å². The summed E-state index contributed by atoms with van der Waals surface area (Å²) in [6, 6.07) is 64.8. The van der Waals surface area contributed by atoms with Crippen molar-refractivity contribution in [2.75, 3.05) is 4.90 Å². The van der Waals surface area contributed by atoms with Crippen molar-refractivity contribution in [3.05, 3.63) is 187 Å². The third-order valence-electron chi connectivity index (χ3n) is 17.9. The highest BCUT2D eigenvalue weighted by Gasteiger charge is 2.90. The molecule has 63 heavy (non-hydrogen) atoms. The van der Waals surface area contributed by atoms with Gasteiger partial charge >= 0.3 is 0 Å². The molecule has 5 saturated carbocycles. The van der Waals surface area contributed by atoms with Gasteiger partial charge in [0.2, 0.25) is 0 Å². The summed E-state index contributed by atoms with van der Waals surface area (Å²) in [5.41, 5.74) is 18.9. The van der Waals surface area contributed by atoms with Gasteiger partial charge in [-0.25, -0.2) is 0 Å². The Bertz CT molecular complexity index is 3350. The van der Waals surface area contributed by atoms with E-state index in [4.69, 9.17) is 4.42 Å². The summed E-state index contributed by atoms with van der Waals surface area (Å²) >= 11 is 0. The van der Waals surface area contributed by atoms with Crippen LogP contribution in [0.25, 0.3) is 66.1 Å². The van der Waals surface area contributed by atoms with Crippen molar-refractivity contribution >= 4 is 49.8 Å². The summed E-state index contributed by atoms with van der Waals surface area (Å²) in [4.78, 5) is 2.63. The number of hydrogen-bond donors (Lipinski definition) is 0. The number of hydrogen-bond acceptors (Lipinski definition) is 2. The molecule has 0 radical (unpaired) electrons. The molecule has 2 nitrogen and oxygen atoms in total. The van der Waals surface area contributed by atoms with Crippen LogP contribution in [0.2, 0.25) is 0 Å². The maximum absolute atomic E-state index is 6.36. The van der Waals surface area contributed by atoms with Crippen LogP contribution < -0.4 is 4.90 Å². The standard InChI is InChI=1S/C61H49NO/c1-2-14-37(15-3-1)44-22-12-16-38-17-13-23-49(59(38)44)47-20-6-10-26-54(47)62(53-25-9-5-18-43(53)39-28-31-56-50(32-39)48-21-7-11-27-55(48)63-56)42-29-30-46-45-19-4-8-24-51(45)61(52(46)36-42)57-34-40-33-41-35-58(61)60(40,41)57/h4-13,16-32,36-37,40-41,57-58H,1-3,14-15,33-35H2. The van der Waals surface area contributed by atoms with E-state index in [1.165, 1.54) is 118 Å². The fourth-order valence-electron chi connectivity index (χ4n) is 15.6. The monoisotopic (exact) mass is 811 g/mol. The van der Waals surface area contributed by atoms with Gasteiger partial charge in [0.15, 0.2) is 0 Å². The van der Waals surface area contributed by atoms with Crippen molar-refractivity contribution in [1.29, 1.82) is 0 Å². The molecule has 6 aliphatic carbocycles. The van der Waals surface area contributed by atoms with Gasteiger partial charge in [0.25, 0.3) is 0 Å². The van der Waals surface area contributed by atoms with Crippen LogP contribution >= 0.6 is 0 Å². The van der Waals surface area contributed by atoms with Gasteiger partial charge in [-0.15, -0.1) is 0 Å². The minimum absolute atomic E-state index is 0.123. The van der Waals surface area contributed by atoms with E-state index < -0.39 is 0 Å². The molecular formula is C61H49NO. The Morgan fingerprint density at radius 3 is 1.97 bits per heavy atom. The van der Waals surface area contributed by atoms with Crippen molar-refractivity contribution in [3.8, 4) is 33.4 Å². The van der Waals surface area contributed by atoms with Crippen LogP contribution in [-0.2, 0) is 5.41 Å². The van der Waals surface area contributed by atoms with Gasteiger partial charge in [-0.1, -0.05) is 147 Å². The zero-order chi connectivity index (χ0) is 41.0. The first-order valence-corrected chi connectivity index (χ1v) is 23.9. The highest BCUT2D eigenvalue weighted by atomic mass is 16.3. The van der Waals surface area contributed by atoms with Crippen LogP contribution in [-0.4, -0.2) is 0 Å². The topological polar surface area (TPSA) is 16.4 Å². The van der Waals surface area contributed by atoms with E-state index in [0.717, 1.165) is 45.6 Å². The lowest BCUT2D eigenvalue weighted by Crippen LogP contribution is -2.88. The molecule has 0 N–H and O–H groups in total. The fourth-order valence-corrected chi connectivity index (χ4v) is 15.6. The van der Waals surface area contributed by atoms with Crippen LogP contribution in [0.5, 0.6) is 0 Å². The predicted octanol–water partition coefficient (Wildman–Crippen LogP) is 16.5. The first-order valence-electron chi connectivity index (χ1n) is 23.9. The summed E-state index contributed by atoms with van der Waals surface area (Å²) in [7, 11) is 0. The molecule has 0 bridgehead atoms. The summed E-state index contributed by atoms with van der Waals surface area (Å²) in [6.45, 7) is 0. The minimum atomic E-state index is 0.123. The molecule has 1 heterocycles. The van der Waals surface area contributed by atoms with Gasteiger partial charge < -0.3 is 9.32 Å². The number of fused-ring (bicyclic) bond motifs is 11. The van der Waals surface area contributed by atoms with Crippen LogP contribution in [0.4, 0.5) is 17.1 Å². The lowest BCUT2D eigenvalue weighted by atomic mass is 9.11. The summed E-state index contributed by atoms with van der Waals surface area (Å²) in [6.07, 6.45) is 10.8. The molecule has 0 saturated heterocycles. The third-order valence-corrected chi connectivity index (χ3v) is 17.9. The molecule has 4 atom stereocenters. The molecule has 8 aromatic carbocycles. The molecular weight excluding hydrogens is 763 g/mol. The molecule has 1 aromatic heterocycles. The van der Waals surface area contributed by atoms with Crippen LogP contribution in [0.1, 0.15) is 74.0 Å². The largest absolute Gasteiger partial charge is 0.456 e. The lowest BCUT2D eigenvalue weighted by Gasteiger charge is -2.92. The summed E-state index contributed by atoms with van der Waals surface area (Å²) in [5, 5.41) is 5.07. The third kappa shape index (κ3) is 4.36. The number of anilines is 3. The average Bonchev–Trinajstić information content (AvgIpc) is 3.84. The van der Waals surface area contributed by atoms with Crippen molar-refractivity contribution in [3.63, 3.8) is 0 Å². The number of nitrogens with zero attached hydrogens (tertiary/aromatic N) is 1. The molecule has 5 fully saturated rings. The van der Waals surface area contributed by atoms with Crippen molar-refractivity contribution in [2.45, 2.75) is 62.7 Å². The summed E-state index contributed by atoms with van der Waals surface area (Å²) < 4.78 is 6.36. The number of benzene rings is 8. The Hall–Kier alpha value is -6.38. The molecule has 2 heteroatoms. The van der Waals surface area contributed by atoms with Crippen LogP contribution in [0.3, 0.4) is 0 Å². The fraction of sp³-hybridized carbons (Fsp3) is 0.246. The van der Waals surface area contributed by atoms with Gasteiger partial charge in [0.05, 0.1) is 11.4 Å². The second-order valence-corrected chi connectivity index (χ2v) is 20.1. The van der Waals surface area contributed by atoms with Gasteiger partial charge in [0, 0.05) is 33.0 Å². The normalized spacial score (nSPS) is 26.0. The Labute approximate surface area is 369 Å². The van der Waals surface area contributed by atoms with Gasteiger partial charge in [0.1, 0.15) is 11.2 Å². The van der Waals surface area contributed by atoms with E-state index in [1.807, 2.05) is 0 Å². The van der Waals surface area contributed by atoms with E-state index in [-0.39, 0.29) is 5.41 Å². The smallest absolute Gasteiger partial charge is 0.135 e. The Balaban J connectivity index is 0.975. The van der Waals surface area contributed by atoms with E-state index >= 15 is 0 Å². The first kappa shape index (κ1) is 35.1. The highest BCUT2D eigenvalue weighted by molar-refractivity contribution is 6.08. The minimum Gasteiger partial charge on any atom is -0.456 e. The quantitative estimate of drug-likeness (QED) is 0.166. The van der Waals surface area contributed by atoms with E-state index in [9.17, 15) is 0 Å². The number of para-hydroxylation sites is 3. The second-order valence-electron chi connectivity index (χ2n) is 20.1. The molecule has 15 rings (SSSR count). The molecule has 2 spiro atoms. The average molecular weight is 812 g/mol. The van der Waals surface area contributed by atoms with Crippen LogP contribution in [0, 0.1) is 29.1 Å². The molecule has 4 unspecified atom stereocenters. The zero-order valence-corrected chi connectivity index (χ0v) is 35.6. The first-order chi connectivity index (χ1) is 31.2. The van der Waals surface area contributed by atoms with Gasteiger partial charge in [-0.05, 0) is 159 Å². The Morgan fingerprint density at radius 2 is 1.14 bits per heavy atom.